The highest BCUT2D eigenvalue weighted by atomic mass is 16.3. The molecule has 0 amide bonds. The van der Waals surface area contributed by atoms with Crippen LogP contribution in [0, 0.1) is 0 Å². The number of unbranched alkanes of at least 4 members (excludes halogenated alkanes) is 1. The van der Waals surface area contributed by atoms with E-state index in [2.05, 4.69) is 0 Å². The highest BCUT2D eigenvalue weighted by Gasteiger charge is 1.98. The predicted octanol–water partition coefficient (Wildman–Crippen LogP) is -0.291. The minimum Gasteiger partial charge on any atom is -0.394 e. The van der Waals surface area contributed by atoms with Crippen LogP contribution in [-0.2, 0) is 4.79 Å². The molecule has 9 heavy (non-hydrogen) atoms. The van der Waals surface area contributed by atoms with E-state index in [1.807, 2.05) is 0 Å². The summed E-state index contributed by atoms with van der Waals surface area (Å²) in [6, 6.07) is 0. The van der Waals surface area contributed by atoms with Gasteiger partial charge >= 0.3 is 0 Å². The molecule has 0 unspecified atom stereocenters. The second kappa shape index (κ2) is 5.72. The fourth-order valence-electron chi connectivity index (χ4n) is 0.528. The number of aliphatic hydroxyl groups is 2. The van der Waals surface area contributed by atoms with Crippen LogP contribution in [0.3, 0.4) is 0 Å². The lowest BCUT2D eigenvalue weighted by molar-refractivity contribution is -0.108. The van der Waals surface area contributed by atoms with Crippen LogP contribution in [0.4, 0.5) is 0 Å². The fraction of sp³-hybridized carbons (Fsp3) is 0.833. The molecule has 3 nitrogen and oxygen atoms in total. The highest BCUT2D eigenvalue weighted by molar-refractivity contribution is 5.48. The Morgan fingerprint density at radius 1 is 1.56 bits per heavy atom. The van der Waals surface area contributed by atoms with Crippen molar-refractivity contribution in [2.75, 3.05) is 6.61 Å². The summed E-state index contributed by atoms with van der Waals surface area (Å²) in [5.41, 5.74) is 0. The lowest BCUT2D eigenvalue weighted by Gasteiger charge is -2.02. The van der Waals surface area contributed by atoms with Gasteiger partial charge in [0, 0.05) is 6.42 Å². The minimum absolute atomic E-state index is 0.209. The fourth-order valence-corrected chi connectivity index (χ4v) is 0.528. The number of carbonyl (C=O) groups is 1. The van der Waals surface area contributed by atoms with Crippen molar-refractivity contribution < 1.29 is 15.0 Å². The summed E-state index contributed by atoms with van der Waals surface area (Å²) in [5.74, 6) is 0. The van der Waals surface area contributed by atoms with E-state index in [1.165, 1.54) is 0 Å². The Bertz CT molecular complexity index is 72.7. The van der Waals surface area contributed by atoms with Gasteiger partial charge in [-0.1, -0.05) is 0 Å². The van der Waals surface area contributed by atoms with Crippen LogP contribution in [0.5, 0.6) is 0 Å². The maximum Gasteiger partial charge on any atom is 0.119 e. The van der Waals surface area contributed by atoms with Crippen molar-refractivity contribution in [1.29, 1.82) is 0 Å². The van der Waals surface area contributed by atoms with Crippen LogP contribution in [0.1, 0.15) is 19.3 Å². The molecule has 0 bridgehead atoms. The summed E-state index contributed by atoms with van der Waals surface area (Å²) < 4.78 is 0. The zero-order valence-electron chi connectivity index (χ0n) is 5.29. The third kappa shape index (κ3) is 5.46. The Morgan fingerprint density at radius 3 is 2.67 bits per heavy atom. The largest absolute Gasteiger partial charge is 0.394 e. The first-order chi connectivity index (χ1) is 4.31. The van der Waals surface area contributed by atoms with E-state index in [1.54, 1.807) is 0 Å². The number of carbonyl (C=O) groups excluding carboxylic acids is 1. The quantitative estimate of drug-likeness (QED) is 0.399. The summed E-state index contributed by atoms with van der Waals surface area (Å²) >= 11 is 0. The third-order valence-electron chi connectivity index (χ3n) is 1.07. The van der Waals surface area contributed by atoms with E-state index in [-0.39, 0.29) is 6.61 Å². The molecule has 2 N–H and O–H groups in total. The number of hydrogen-bond donors (Lipinski definition) is 2. The Labute approximate surface area is 54.3 Å². The van der Waals surface area contributed by atoms with E-state index in [4.69, 9.17) is 10.2 Å². The number of rotatable bonds is 5. The van der Waals surface area contributed by atoms with Crippen LogP contribution in [0.2, 0.25) is 0 Å². The molecule has 0 rings (SSSR count). The predicted molar refractivity (Wildman–Crippen MR) is 33.0 cm³/mol. The lowest BCUT2D eigenvalue weighted by Crippen LogP contribution is -2.11. The molecule has 0 aliphatic heterocycles. The smallest absolute Gasteiger partial charge is 0.119 e. The molecule has 0 saturated carbocycles. The van der Waals surface area contributed by atoms with Crippen LogP contribution in [-0.4, -0.2) is 29.2 Å². The second-order valence-corrected chi connectivity index (χ2v) is 1.93. The number of aldehydes is 1. The molecule has 0 aliphatic rings. The van der Waals surface area contributed by atoms with Crippen molar-refractivity contribution in [2.45, 2.75) is 25.4 Å². The van der Waals surface area contributed by atoms with E-state index >= 15 is 0 Å². The van der Waals surface area contributed by atoms with E-state index < -0.39 is 6.10 Å². The van der Waals surface area contributed by atoms with Gasteiger partial charge in [0.05, 0.1) is 12.7 Å². The van der Waals surface area contributed by atoms with E-state index in [0.717, 1.165) is 6.29 Å². The SMILES string of the molecule is O=CCCC[C@@H](O)CO. The van der Waals surface area contributed by atoms with Crippen LogP contribution >= 0.6 is 0 Å². The molecule has 0 spiro atoms. The molecule has 3 heteroatoms. The normalized spacial score (nSPS) is 13.1. The van der Waals surface area contributed by atoms with E-state index in [0.29, 0.717) is 19.3 Å². The Balaban J connectivity index is 2.96. The first-order valence-electron chi connectivity index (χ1n) is 3.03. The molecule has 54 valence electrons. The average Bonchev–Trinajstić information content (AvgIpc) is 1.89. The monoisotopic (exact) mass is 132 g/mol. The van der Waals surface area contributed by atoms with Gasteiger partial charge in [-0.25, -0.2) is 0 Å². The third-order valence-corrected chi connectivity index (χ3v) is 1.07. The summed E-state index contributed by atoms with van der Waals surface area (Å²) in [7, 11) is 0. The molecule has 0 aromatic carbocycles. The van der Waals surface area contributed by atoms with Crippen molar-refractivity contribution in [3.8, 4) is 0 Å². The zero-order chi connectivity index (χ0) is 7.11. The minimum atomic E-state index is -0.648. The van der Waals surface area contributed by atoms with Crippen molar-refractivity contribution in [3.05, 3.63) is 0 Å². The molecule has 0 radical (unpaired) electrons. The summed E-state index contributed by atoms with van der Waals surface area (Å²) in [6.45, 7) is -0.209. The number of hydrogen-bond acceptors (Lipinski definition) is 3. The van der Waals surface area contributed by atoms with Gasteiger partial charge in [0.25, 0.3) is 0 Å². The first kappa shape index (κ1) is 8.59. The van der Waals surface area contributed by atoms with Crippen molar-refractivity contribution >= 4 is 6.29 Å². The van der Waals surface area contributed by atoms with Gasteiger partial charge in [-0.15, -0.1) is 0 Å². The molecule has 1 atom stereocenters. The maximum absolute atomic E-state index is 9.73. The van der Waals surface area contributed by atoms with Gasteiger partial charge in [0.1, 0.15) is 6.29 Å². The molecule has 0 aromatic heterocycles. The summed E-state index contributed by atoms with van der Waals surface area (Å²) in [6.07, 6.45) is 1.80. The highest BCUT2D eigenvalue weighted by Crippen LogP contribution is 1.97. The molecule has 0 heterocycles. The van der Waals surface area contributed by atoms with Gasteiger partial charge in [-0.05, 0) is 12.8 Å². The molecule has 0 aliphatic carbocycles. The first-order valence-corrected chi connectivity index (χ1v) is 3.03. The average molecular weight is 132 g/mol. The Morgan fingerprint density at radius 2 is 2.22 bits per heavy atom. The standard InChI is InChI=1S/C6H12O3/c7-4-2-1-3-6(9)5-8/h4,6,8-9H,1-3,5H2/t6-/m1/s1. The van der Waals surface area contributed by atoms with Crippen molar-refractivity contribution in [2.24, 2.45) is 0 Å². The number of aliphatic hydroxyl groups excluding tert-OH is 2. The molecule has 0 aromatic rings. The summed E-state index contributed by atoms with van der Waals surface area (Å²) in [4.78, 5) is 9.73. The lowest BCUT2D eigenvalue weighted by atomic mass is 10.2. The molecule has 0 fully saturated rings. The van der Waals surface area contributed by atoms with Crippen LogP contribution in [0.25, 0.3) is 0 Å². The zero-order valence-corrected chi connectivity index (χ0v) is 5.29. The van der Waals surface area contributed by atoms with Gasteiger partial charge in [-0.2, -0.15) is 0 Å². The van der Waals surface area contributed by atoms with Crippen LogP contribution in [0.15, 0.2) is 0 Å². The van der Waals surface area contributed by atoms with E-state index in [9.17, 15) is 4.79 Å². The second-order valence-electron chi connectivity index (χ2n) is 1.93. The van der Waals surface area contributed by atoms with Crippen LogP contribution < -0.4 is 0 Å². The topological polar surface area (TPSA) is 57.5 Å². The Hall–Kier alpha value is -0.410. The van der Waals surface area contributed by atoms with Crippen molar-refractivity contribution in [3.63, 3.8) is 0 Å². The molecular weight excluding hydrogens is 120 g/mol. The van der Waals surface area contributed by atoms with Gasteiger partial charge < -0.3 is 15.0 Å². The molecular formula is C6H12O3. The van der Waals surface area contributed by atoms with Gasteiger partial charge in [-0.3, -0.25) is 0 Å². The maximum atomic E-state index is 9.73. The van der Waals surface area contributed by atoms with Gasteiger partial charge in [0.15, 0.2) is 0 Å². The Kier molecular flexibility index (Phi) is 5.46. The molecule has 0 saturated heterocycles. The van der Waals surface area contributed by atoms with Crippen molar-refractivity contribution in [1.82, 2.24) is 0 Å². The van der Waals surface area contributed by atoms with Gasteiger partial charge in [0.2, 0.25) is 0 Å². The summed E-state index contributed by atoms with van der Waals surface area (Å²) in [5, 5.41) is 17.0.